The van der Waals surface area contributed by atoms with Crippen LogP contribution in [0.5, 0.6) is 0 Å². The van der Waals surface area contributed by atoms with Crippen LogP contribution in [0.2, 0.25) is 0 Å². The number of ketones is 1. The number of sulfone groups is 1. The standard InChI is InChI=1S/C33H42BrN7O8S/c1-32(2,47)26-18-36-39-41(26)23-17-25(30(45)38-33(27(42)28(35)43)12-14-50(48,49)15-13-33)40(19-23)31(46)24(16-20-6-4-3-5-7-20)37-29(44)21-8-10-22(34)11-9-21/h8-11,18,20,23,25,47H,3-7,12-17,19H2,1-2H3,(H2,35,43)(H,38,45)/t23-,25-/m0/s1. The number of carbonyl (C=O) groups excluding carboxylic acids is 5. The molecular formula is C33H42BrN7O8S. The number of aromatic nitrogens is 3. The number of nitrogens with one attached hydrogen (secondary N) is 1. The van der Waals surface area contributed by atoms with Crippen molar-refractivity contribution in [2.75, 3.05) is 18.1 Å². The number of benzene rings is 1. The summed E-state index contributed by atoms with van der Waals surface area (Å²) >= 11 is 3.35. The van der Waals surface area contributed by atoms with Gasteiger partial charge in [0.2, 0.25) is 11.7 Å². The largest absolute Gasteiger partial charge is 0.384 e. The van der Waals surface area contributed by atoms with Crippen molar-refractivity contribution >= 4 is 60.9 Å². The van der Waals surface area contributed by atoms with Crippen molar-refractivity contribution in [3.8, 4) is 0 Å². The maximum atomic E-state index is 14.6. The topological polar surface area (TPSA) is 224 Å². The van der Waals surface area contributed by atoms with Crippen LogP contribution >= 0.6 is 15.9 Å². The Kier molecular flexibility index (Phi) is 11.1. The van der Waals surface area contributed by atoms with E-state index in [9.17, 15) is 37.5 Å². The molecule has 0 bridgehead atoms. The third-order valence-electron chi connectivity index (χ3n) is 9.87. The van der Waals surface area contributed by atoms with Gasteiger partial charge in [0.15, 0.2) is 9.84 Å². The Balaban J connectivity index is 1.53. The van der Waals surface area contributed by atoms with E-state index in [1.54, 1.807) is 38.1 Å². The number of rotatable bonds is 10. The van der Waals surface area contributed by atoms with Crippen molar-refractivity contribution in [1.82, 2.24) is 25.2 Å². The molecule has 4 amide bonds. The van der Waals surface area contributed by atoms with Crippen molar-refractivity contribution in [1.29, 1.82) is 0 Å². The summed E-state index contributed by atoms with van der Waals surface area (Å²) in [7, 11) is -3.52. The zero-order chi connectivity index (χ0) is 36.4. The molecule has 5 rings (SSSR count). The number of amides is 4. The van der Waals surface area contributed by atoms with Gasteiger partial charge in [-0.2, -0.15) is 0 Å². The summed E-state index contributed by atoms with van der Waals surface area (Å²) in [6.45, 7) is 3.00. The molecule has 1 aromatic carbocycles. The van der Waals surface area contributed by atoms with Gasteiger partial charge in [-0.15, -0.1) is 5.10 Å². The van der Waals surface area contributed by atoms with E-state index in [0.29, 0.717) is 5.69 Å². The Morgan fingerprint density at radius 2 is 1.72 bits per heavy atom. The molecule has 1 saturated carbocycles. The number of halogens is 1. The van der Waals surface area contributed by atoms with Gasteiger partial charge in [0, 0.05) is 23.0 Å². The van der Waals surface area contributed by atoms with Gasteiger partial charge in [-0.1, -0.05) is 53.2 Å². The molecular weight excluding hydrogens is 734 g/mol. The van der Waals surface area contributed by atoms with E-state index in [-0.39, 0.29) is 49.4 Å². The summed E-state index contributed by atoms with van der Waals surface area (Å²) < 4.78 is 26.7. The minimum atomic E-state index is -3.52. The van der Waals surface area contributed by atoms with Crippen LogP contribution in [0, 0.1) is 5.92 Å². The van der Waals surface area contributed by atoms with Crippen LogP contribution in [0.25, 0.3) is 0 Å². The normalized spacial score (nSPS) is 22.6. The van der Waals surface area contributed by atoms with Gasteiger partial charge in [-0.05, 0) is 63.3 Å². The number of aliphatic hydroxyl groups is 1. The van der Waals surface area contributed by atoms with Crippen LogP contribution in [-0.4, -0.2) is 98.2 Å². The van der Waals surface area contributed by atoms with E-state index in [2.05, 4.69) is 36.6 Å². The number of aliphatic imine (C=N–C) groups is 1. The molecule has 270 valence electrons. The van der Waals surface area contributed by atoms with E-state index in [1.807, 2.05) is 0 Å². The Morgan fingerprint density at radius 1 is 1.08 bits per heavy atom. The first-order valence-electron chi connectivity index (χ1n) is 16.7. The molecule has 1 aromatic heterocycles. The second-order valence-electron chi connectivity index (χ2n) is 14.0. The van der Waals surface area contributed by atoms with E-state index >= 15 is 0 Å². The van der Waals surface area contributed by atoms with Crippen molar-refractivity contribution in [3.63, 3.8) is 0 Å². The Hall–Kier alpha value is -3.83. The molecule has 0 radical (unpaired) electrons. The molecule has 3 heterocycles. The number of hydrogen-bond acceptors (Lipinski definition) is 10. The first kappa shape index (κ1) is 37.4. The first-order chi connectivity index (χ1) is 23.5. The van der Waals surface area contributed by atoms with E-state index < -0.39 is 74.0 Å². The highest BCUT2D eigenvalue weighted by Gasteiger charge is 2.50. The molecule has 50 heavy (non-hydrogen) atoms. The summed E-state index contributed by atoms with van der Waals surface area (Å²) in [5, 5.41) is 21.5. The lowest BCUT2D eigenvalue weighted by atomic mass is 9.85. The van der Waals surface area contributed by atoms with Crippen LogP contribution < -0.4 is 11.1 Å². The molecule has 0 unspecified atom stereocenters. The highest BCUT2D eigenvalue weighted by molar-refractivity contribution is 9.10. The van der Waals surface area contributed by atoms with Crippen molar-refractivity contribution in [3.05, 3.63) is 46.2 Å². The molecule has 17 heteroatoms. The zero-order valence-corrected chi connectivity index (χ0v) is 30.4. The van der Waals surface area contributed by atoms with Crippen LogP contribution in [-0.2, 0) is 34.6 Å². The number of nitrogens with zero attached hydrogens (tertiary/aromatic N) is 5. The minimum Gasteiger partial charge on any atom is -0.384 e. The second kappa shape index (κ2) is 14.8. The third-order valence-corrected chi connectivity index (χ3v) is 12.1. The number of nitrogens with two attached hydrogens (primary N) is 1. The molecule has 2 aliphatic heterocycles. The maximum absolute atomic E-state index is 14.6. The van der Waals surface area contributed by atoms with E-state index in [0.717, 1.165) is 36.6 Å². The second-order valence-corrected chi connectivity index (χ2v) is 17.2. The van der Waals surface area contributed by atoms with Crippen molar-refractivity contribution < 1.29 is 37.5 Å². The van der Waals surface area contributed by atoms with Gasteiger partial charge in [0.1, 0.15) is 22.9 Å². The summed E-state index contributed by atoms with van der Waals surface area (Å²) in [4.78, 5) is 73.1. The van der Waals surface area contributed by atoms with Gasteiger partial charge < -0.3 is 21.1 Å². The smallest absolute Gasteiger partial charge is 0.287 e. The predicted molar refractivity (Wildman–Crippen MR) is 184 cm³/mol. The fourth-order valence-corrected chi connectivity index (χ4v) is 8.84. The predicted octanol–water partition coefficient (Wildman–Crippen LogP) is 1.78. The number of primary amides is 1. The Labute approximate surface area is 298 Å². The lowest BCUT2D eigenvalue weighted by Gasteiger charge is -2.37. The number of carbonyl (C=O) groups is 5. The summed E-state index contributed by atoms with van der Waals surface area (Å²) in [5.41, 5.74) is 2.67. The summed E-state index contributed by atoms with van der Waals surface area (Å²) in [5.74, 6) is -5.36. The molecule has 1 aliphatic carbocycles. The Morgan fingerprint density at radius 3 is 2.32 bits per heavy atom. The Bertz CT molecular complexity index is 1780. The summed E-state index contributed by atoms with van der Waals surface area (Å²) in [6.07, 6.45) is 5.53. The molecule has 0 spiro atoms. The molecule has 4 N–H and O–H groups in total. The highest BCUT2D eigenvalue weighted by Crippen LogP contribution is 2.34. The third kappa shape index (κ3) is 8.37. The number of hydrogen-bond donors (Lipinski definition) is 3. The lowest BCUT2D eigenvalue weighted by molar-refractivity contribution is -0.143. The van der Waals surface area contributed by atoms with Crippen LogP contribution in [0.3, 0.4) is 0 Å². The van der Waals surface area contributed by atoms with Crippen LogP contribution in [0.4, 0.5) is 0 Å². The van der Waals surface area contributed by atoms with E-state index in [4.69, 9.17) is 5.73 Å². The SMILES string of the molecule is CC(C)(O)c1cnnn1[C@H]1C[C@@H](C(=O)NC2(C(=O)C(N)=O)CCS(=O)(=O)CC2)N(C(=O)C(CC2CCCCC2)=NC(=O)c2ccc(Br)cc2)C1. The number of likely N-dealkylation sites (tertiary alicyclic amines) is 1. The van der Waals surface area contributed by atoms with Crippen molar-refractivity contribution in [2.24, 2.45) is 16.6 Å². The molecule has 2 saturated heterocycles. The molecule has 3 fully saturated rings. The fourth-order valence-electron chi connectivity index (χ4n) is 7.06. The molecule has 3 aliphatic rings. The first-order valence-corrected chi connectivity index (χ1v) is 19.3. The van der Waals surface area contributed by atoms with Crippen molar-refractivity contribution in [2.45, 2.75) is 94.9 Å². The van der Waals surface area contributed by atoms with Crippen LogP contribution in [0.15, 0.2) is 39.9 Å². The monoisotopic (exact) mass is 775 g/mol. The van der Waals surface area contributed by atoms with Gasteiger partial charge in [-0.25, -0.2) is 18.1 Å². The quantitative estimate of drug-likeness (QED) is 0.234. The molecule has 2 atom stereocenters. The lowest BCUT2D eigenvalue weighted by Crippen LogP contribution is -2.64. The van der Waals surface area contributed by atoms with E-state index in [1.165, 1.54) is 15.8 Å². The fraction of sp³-hybridized carbons (Fsp3) is 0.576. The van der Waals surface area contributed by atoms with Gasteiger partial charge in [-0.3, -0.25) is 24.0 Å². The zero-order valence-electron chi connectivity index (χ0n) is 28.0. The van der Waals surface area contributed by atoms with Gasteiger partial charge in [0.25, 0.3) is 17.7 Å². The van der Waals surface area contributed by atoms with Gasteiger partial charge in [0.05, 0.1) is 29.4 Å². The number of Topliss-reactive ketones (excluding diaryl/α,β-unsaturated/α-hetero) is 1. The minimum absolute atomic E-state index is 0.0174. The molecule has 2 aromatic rings. The average molecular weight is 777 g/mol. The maximum Gasteiger partial charge on any atom is 0.287 e. The average Bonchev–Trinajstić information content (AvgIpc) is 3.74. The highest BCUT2D eigenvalue weighted by atomic mass is 79.9. The molecule has 15 nitrogen and oxygen atoms in total. The van der Waals surface area contributed by atoms with Gasteiger partial charge >= 0.3 is 0 Å². The summed E-state index contributed by atoms with van der Waals surface area (Å²) in [6, 6.07) is 4.61. The van der Waals surface area contributed by atoms with Crippen LogP contribution in [0.1, 0.15) is 93.7 Å².